The summed E-state index contributed by atoms with van der Waals surface area (Å²) in [6.07, 6.45) is 1.86. The Bertz CT molecular complexity index is 296. The molecular formula is C8H12N2O3S. The first-order valence-electron chi connectivity index (χ1n) is 4.52. The number of fused-ring (bicyclic) bond motifs is 1. The SMILES string of the molecule is NC12CCCC(=O)N1C(C(=O)O)CS2. The largest absolute Gasteiger partial charge is 0.480 e. The van der Waals surface area contributed by atoms with Crippen LogP contribution in [0.3, 0.4) is 0 Å². The third-order valence-corrected chi connectivity index (χ3v) is 4.07. The van der Waals surface area contributed by atoms with Gasteiger partial charge in [0.15, 0.2) is 0 Å². The Kier molecular flexibility index (Phi) is 2.19. The average Bonchev–Trinajstić information content (AvgIpc) is 2.43. The summed E-state index contributed by atoms with van der Waals surface area (Å²) in [5.41, 5.74) is 5.99. The Hall–Kier alpha value is -0.750. The molecule has 2 heterocycles. The fourth-order valence-corrected chi connectivity index (χ4v) is 3.40. The zero-order valence-electron chi connectivity index (χ0n) is 7.60. The van der Waals surface area contributed by atoms with Crippen molar-refractivity contribution in [1.29, 1.82) is 0 Å². The van der Waals surface area contributed by atoms with Crippen molar-refractivity contribution in [1.82, 2.24) is 4.90 Å². The zero-order valence-corrected chi connectivity index (χ0v) is 8.42. The predicted molar refractivity (Wildman–Crippen MR) is 51.5 cm³/mol. The van der Waals surface area contributed by atoms with E-state index in [2.05, 4.69) is 0 Å². The van der Waals surface area contributed by atoms with Crippen LogP contribution in [0.4, 0.5) is 0 Å². The van der Waals surface area contributed by atoms with Crippen LogP contribution in [0.15, 0.2) is 0 Å². The number of nitrogens with two attached hydrogens (primary N) is 1. The van der Waals surface area contributed by atoms with Crippen molar-refractivity contribution in [3.63, 3.8) is 0 Å². The van der Waals surface area contributed by atoms with Crippen LogP contribution in [0.5, 0.6) is 0 Å². The molecule has 0 aromatic carbocycles. The van der Waals surface area contributed by atoms with Gasteiger partial charge in [0.05, 0.1) is 0 Å². The van der Waals surface area contributed by atoms with Crippen molar-refractivity contribution >= 4 is 23.6 Å². The summed E-state index contributed by atoms with van der Waals surface area (Å²) in [5.74, 6) is -0.686. The molecule has 2 atom stereocenters. The van der Waals surface area contributed by atoms with Gasteiger partial charge < -0.3 is 10.0 Å². The molecule has 1 amide bonds. The Morgan fingerprint density at radius 2 is 2.43 bits per heavy atom. The normalized spacial score (nSPS) is 37.1. The van der Waals surface area contributed by atoms with Gasteiger partial charge in [-0.2, -0.15) is 0 Å². The molecular weight excluding hydrogens is 204 g/mol. The second kappa shape index (κ2) is 3.13. The lowest BCUT2D eigenvalue weighted by atomic mass is 10.1. The first kappa shape index (κ1) is 9.79. The van der Waals surface area contributed by atoms with E-state index in [0.29, 0.717) is 18.6 Å². The summed E-state index contributed by atoms with van der Waals surface area (Å²) in [7, 11) is 0. The highest BCUT2D eigenvalue weighted by Gasteiger charge is 2.51. The van der Waals surface area contributed by atoms with E-state index in [1.54, 1.807) is 0 Å². The standard InChI is InChI=1S/C8H12N2O3S/c9-8-3-1-2-6(11)10(8)5(4-14-8)7(12)13/h5H,1-4,9H2,(H,12,13). The third kappa shape index (κ3) is 1.29. The molecule has 0 bridgehead atoms. The van der Waals surface area contributed by atoms with Crippen LogP contribution in [0, 0.1) is 0 Å². The van der Waals surface area contributed by atoms with Crippen molar-refractivity contribution in [2.24, 2.45) is 5.73 Å². The molecule has 2 rings (SSSR count). The summed E-state index contributed by atoms with van der Waals surface area (Å²) in [4.78, 5) is 23.0. The first-order valence-corrected chi connectivity index (χ1v) is 5.51. The summed E-state index contributed by atoms with van der Waals surface area (Å²) >= 11 is 1.37. The number of hydrogen-bond acceptors (Lipinski definition) is 4. The summed E-state index contributed by atoms with van der Waals surface area (Å²) < 4.78 is 0. The summed E-state index contributed by atoms with van der Waals surface area (Å²) in [6, 6.07) is -0.738. The van der Waals surface area contributed by atoms with Crippen LogP contribution >= 0.6 is 11.8 Å². The second-order valence-electron chi connectivity index (χ2n) is 3.63. The minimum Gasteiger partial charge on any atom is -0.480 e. The molecule has 0 aromatic rings. The molecule has 2 unspecified atom stereocenters. The van der Waals surface area contributed by atoms with Gasteiger partial charge in [-0.3, -0.25) is 10.5 Å². The Balaban J connectivity index is 2.29. The van der Waals surface area contributed by atoms with E-state index in [-0.39, 0.29) is 5.91 Å². The monoisotopic (exact) mass is 216 g/mol. The van der Waals surface area contributed by atoms with E-state index in [0.717, 1.165) is 6.42 Å². The van der Waals surface area contributed by atoms with Crippen molar-refractivity contribution in [2.45, 2.75) is 30.3 Å². The van der Waals surface area contributed by atoms with Crippen LogP contribution in [0.1, 0.15) is 19.3 Å². The maximum absolute atomic E-state index is 11.6. The number of nitrogens with zero attached hydrogens (tertiary/aromatic N) is 1. The van der Waals surface area contributed by atoms with Crippen molar-refractivity contribution < 1.29 is 14.7 Å². The van der Waals surface area contributed by atoms with Crippen LogP contribution < -0.4 is 5.73 Å². The molecule has 0 aliphatic carbocycles. The van der Waals surface area contributed by atoms with Crippen LogP contribution in [0.25, 0.3) is 0 Å². The maximum Gasteiger partial charge on any atom is 0.327 e. The highest BCUT2D eigenvalue weighted by molar-refractivity contribution is 8.00. The lowest BCUT2D eigenvalue weighted by molar-refractivity contribution is -0.153. The van der Waals surface area contributed by atoms with Crippen molar-refractivity contribution in [2.75, 3.05) is 5.75 Å². The minimum absolute atomic E-state index is 0.129. The van der Waals surface area contributed by atoms with Gasteiger partial charge in [0.2, 0.25) is 5.91 Å². The number of amides is 1. The van der Waals surface area contributed by atoms with E-state index in [4.69, 9.17) is 10.8 Å². The second-order valence-corrected chi connectivity index (χ2v) is 4.96. The summed E-state index contributed by atoms with van der Waals surface area (Å²) in [6.45, 7) is 0. The lowest BCUT2D eigenvalue weighted by Gasteiger charge is -2.39. The molecule has 2 aliphatic rings. The van der Waals surface area contributed by atoms with E-state index in [1.807, 2.05) is 0 Å². The zero-order chi connectivity index (χ0) is 10.3. The highest BCUT2D eigenvalue weighted by Crippen LogP contribution is 2.42. The fourth-order valence-electron chi connectivity index (χ4n) is 2.00. The Morgan fingerprint density at radius 1 is 1.71 bits per heavy atom. The molecule has 2 saturated heterocycles. The number of carboxylic acids is 1. The number of carbonyl (C=O) groups is 2. The Labute approximate surface area is 85.6 Å². The van der Waals surface area contributed by atoms with Crippen molar-refractivity contribution in [3.05, 3.63) is 0 Å². The van der Waals surface area contributed by atoms with Crippen LogP contribution in [-0.2, 0) is 9.59 Å². The van der Waals surface area contributed by atoms with Crippen LogP contribution in [0.2, 0.25) is 0 Å². The number of rotatable bonds is 1. The van der Waals surface area contributed by atoms with E-state index >= 15 is 0 Å². The fraction of sp³-hybridized carbons (Fsp3) is 0.750. The smallest absolute Gasteiger partial charge is 0.327 e. The molecule has 0 aromatic heterocycles. The minimum atomic E-state index is -0.958. The van der Waals surface area contributed by atoms with E-state index in [9.17, 15) is 9.59 Å². The number of hydrogen-bond donors (Lipinski definition) is 2. The molecule has 0 spiro atoms. The lowest BCUT2D eigenvalue weighted by Crippen LogP contribution is -2.59. The number of aliphatic carboxylic acids is 1. The summed E-state index contributed by atoms with van der Waals surface area (Å²) in [5, 5.41) is 8.92. The third-order valence-electron chi connectivity index (χ3n) is 2.69. The maximum atomic E-state index is 11.6. The molecule has 2 fully saturated rings. The topological polar surface area (TPSA) is 83.6 Å². The quantitative estimate of drug-likeness (QED) is 0.634. The molecule has 3 N–H and O–H groups in total. The molecule has 6 heteroatoms. The molecule has 0 radical (unpaired) electrons. The van der Waals surface area contributed by atoms with Gasteiger partial charge in [0.25, 0.3) is 0 Å². The molecule has 14 heavy (non-hydrogen) atoms. The van der Waals surface area contributed by atoms with Gasteiger partial charge in [-0.15, -0.1) is 11.8 Å². The van der Waals surface area contributed by atoms with E-state index in [1.165, 1.54) is 16.7 Å². The first-order chi connectivity index (χ1) is 6.54. The van der Waals surface area contributed by atoms with Crippen LogP contribution in [-0.4, -0.2) is 38.7 Å². The molecule has 5 nitrogen and oxygen atoms in total. The van der Waals surface area contributed by atoms with Gasteiger partial charge in [0.1, 0.15) is 11.0 Å². The number of thioether (sulfide) groups is 1. The predicted octanol–water partition coefficient (Wildman–Crippen LogP) is -0.189. The molecule has 2 aliphatic heterocycles. The molecule has 78 valence electrons. The Morgan fingerprint density at radius 3 is 3.07 bits per heavy atom. The highest BCUT2D eigenvalue weighted by atomic mass is 32.2. The van der Waals surface area contributed by atoms with Gasteiger partial charge in [-0.05, 0) is 12.8 Å². The number of carbonyl (C=O) groups excluding carboxylic acids is 1. The number of carboxylic acid groups (broad SMARTS) is 1. The van der Waals surface area contributed by atoms with Crippen molar-refractivity contribution in [3.8, 4) is 0 Å². The van der Waals surface area contributed by atoms with E-state index < -0.39 is 17.0 Å². The van der Waals surface area contributed by atoms with Gasteiger partial charge >= 0.3 is 5.97 Å². The van der Waals surface area contributed by atoms with Gasteiger partial charge in [-0.25, -0.2) is 4.79 Å². The average molecular weight is 216 g/mol. The number of piperidine rings is 1. The molecule has 0 saturated carbocycles. The van der Waals surface area contributed by atoms with Gasteiger partial charge in [0, 0.05) is 12.2 Å². The van der Waals surface area contributed by atoms with Gasteiger partial charge in [-0.1, -0.05) is 0 Å².